The third-order valence-corrected chi connectivity index (χ3v) is 25.0. The SMILES string of the molecule is BrCCBr.CC(C)(C)OC(=O)N[C@@H]1CN(Cc2ccccc2)CC2(CC2)C1.CC(C)(C)OC(=O)N[C@@H]1CNCC2(CC2)C1.CC(C)(C)OC(=O)N[C@H](CO)CC1(CO)CC1.CC(C)(C)OC(=O)N[C@H](COS(C)(=O)=O)CC1(COS(C)(=O)=O)CC1.CCN(CC)CC.COC(=O)CC[C@H](NC(=O)OC(C)(C)C)C(=O)OC.COC(=O)[C@H](CC1(C(=O)OC)CC1)NC(=O)OC(C)(C)C.NCc1ccccc1. The van der Waals surface area contributed by atoms with Gasteiger partial charge in [0, 0.05) is 75.0 Å². The van der Waals surface area contributed by atoms with Crippen molar-refractivity contribution in [2.24, 2.45) is 32.8 Å². The molecule has 140 heavy (non-hydrogen) atoms. The molecule has 38 nitrogen and oxygen atoms in total. The minimum absolute atomic E-state index is 0.00787. The summed E-state index contributed by atoms with van der Waals surface area (Å²) in [6, 6.07) is 18.1. The van der Waals surface area contributed by atoms with Crippen LogP contribution < -0.4 is 43.0 Å². The predicted octanol–water partition coefficient (Wildman–Crippen LogP) is 13.9. The van der Waals surface area contributed by atoms with Gasteiger partial charge in [-0.15, -0.1) is 0 Å². The molecule has 0 unspecified atom stereocenters. The number of alkyl carbamates (subject to hydrolysis) is 6. The van der Waals surface area contributed by atoms with E-state index in [2.05, 4.69) is 144 Å². The summed E-state index contributed by atoms with van der Waals surface area (Å²) in [5, 5.41) is 39.9. The van der Waals surface area contributed by atoms with Crippen LogP contribution in [0.1, 0.15) is 266 Å². The van der Waals surface area contributed by atoms with Crippen LogP contribution in [0.3, 0.4) is 0 Å². The highest BCUT2D eigenvalue weighted by Gasteiger charge is 2.54. The van der Waals surface area contributed by atoms with Crippen LogP contribution >= 0.6 is 31.9 Å². The van der Waals surface area contributed by atoms with Gasteiger partial charge in [-0.3, -0.25) is 22.9 Å². The molecule has 2 aromatic rings. The van der Waals surface area contributed by atoms with E-state index in [9.17, 15) is 75.0 Å². The standard InChI is InChI=1S/C19H28N2O2.C14H27NO8S2.C14H23NO6.C12H22N2O2.C12H21NO6.C12H23NO4.C7H9N.C6H15N.C2H4Br2/c1-18(2,3)23-17(22)20-16-11-19(9-10-19)14-21(13-16)12-15-7-5-4-6-8-15;1-13(2,3)23-12(16)15-11(9-21-24(4,17)18)8-14(6-7-14)10-22-25(5,19)20;1-13(2,3)21-12(18)15-9(10(16)19-4)8-14(6-7-14)11(17)20-5;1-11(2,3)16-10(15)14-9-6-12(4-5-12)8-13-7-9;1-12(2,3)19-11(16)13-8(10(15)18-5)6-7-9(14)17-4;1-11(2,3)17-10(16)13-9(7-14)6-12(8-15)4-5-12;8-6-7-4-2-1-3-5-7;1-4-7(5-2)6-3;3-1-2-4/h4-8,16H,9-14H2,1-3H3,(H,20,22);11H,6-10H2,1-5H3,(H,15,16);9H,6-8H2,1-5H3,(H,15,18);9,13H,4-8H2,1-3H3,(H,14,15);8H,6-7H2,1-5H3,(H,13,16);9,14-15H,4-8H2,1-3H3,(H,13,16);1-5H,6,8H2;4-6H2,1-3H3;1-2H2/t16-;11-;2*9-;8-;9-;;;/m000000.../s1. The lowest BCUT2D eigenvalue weighted by atomic mass is 9.91. The Labute approximate surface area is 851 Å². The van der Waals surface area contributed by atoms with Crippen LogP contribution in [0.2, 0.25) is 0 Å². The Balaban J connectivity index is 0.000000812. The zero-order valence-corrected chi connectivity index (χ0v) is 93.2. The number of carbonyl (C=O) groups is 10. The number of aliphatic hydroxyl groups excluding tert-OH is 2. The van der Waals surface area contributed by atoms with Crippen molar-refractivity contribution >= 4 is 113 Å². The highest BCUT2D eigenvalue weighted by atomic mass is 79.9. The first-order valence-electron chi connectivity index (χ1n) is 47.9. The summed E-state index contributed by atoms with van der Waals surface area (Å²) in [5.41, 5.74) is 4.10. The van der Waals surface area contributed by atoms with Gasteiger partial charge in [0.1, 0.15) is 45.7 Å². The van der Waals surface area contributed by atoms with Crippen molar-refractivity contribution in [2.75, 3.05) is 124 Å². The second kappa shape index (κ2) is 61.1. The summed E-state index contributed by atoms with van der Waals surface area (Å²) < 4.78 is 104. The lowest BCUT2D eigenvalue weighted by Crippen LogP contribution is -2.52. The van der Waals surface area contributed by atoms with Crippen molar-refractivity contribution in [3.8, 4) is 0 Å². The van der Waals surface area contributed by atoms with Crippen LogP contribution in [0.25, 0.3) is 0 Å². The number of halogens is 2. The number of hydrogen-bond acceptors (Lipinski definition) is 32. The van der Waals surface area contributed by atoms with Gasteiger partial charge >= 0.3 is 60.4 Å². The first-order chi connectivity index (χ1) is 64.6. The Bertz CT molecular complexity index is 4260. The zero-order chi connectivity index (χ0) is 107. The number of amides is 6. The molecule has 42 heteroatoms. The maximum absolute atomic E-state index is 12.1. The van der Waals surface area contributed by atoms with Crippen LogP contribution in [-0.4, -0.2) is 291 Å². The predicted molar refractivity (Wildman–Crippen MR) is 543 cm³/mol. The highest BCUT2D eigenvalue weighted by molar-refractivity contribution is 9.11. The number of alkyl halides is 2. The van der Waals surface area contributed by atoms with Crippen molar-refractivity contribution in [3.05, 3.63) is 71.8 Å². The number of hydrogen-bond donors (Lipinski definition) is 10. The van der Waals surface area contributed by atoms with Crippen LogP contribution in [0.4, 0.5) is 28.8 Å². The van der Waals surface area contributed by atoms with E-state index in [0.717, 1.165) is 81.6 Å². The molecule has 6 atom stereocenters. The Morgan fingerprint density at radius 2 is 0.886 bits per heavy atom. The smallest absolute Gasteiger partial charge is 0.408 e. The van der Waals surface area contributed by atoms with E-state index < -0.39 is 125 Å². The number of rotatable bonds is 33. The van der Waals surface area contributed by atoms with Gasteiger partial charge in [-0.05, 0) is 280 Å². The second-order valence-electron chi connectivity index (χ2n) is 42.5. The van der Waals surface area contributed by atoms with E-state index in [4.69, 9.17) is 47.3 Å². The van der Waals surface area contributed by atoms with Gasteiger partial charge in [-0.25, -0.2) is 38.4 Å². The first-order valence-corrected chi connectivity index (χ1v) is 53.8. The van der Waals surface area contributed by atoms with Crippen LogP contribution in [-0.2, 0) is 108 Å². The summed E-state index contributed by atoms with van der Waals surface area (Å²) in [7, 11) is -2.28. The van der Waals surface area contributed by atoms with E-state index in [0.29, 0.717) is 55.9 Å². The number of nitrogens with two attached hydrogens (primary N) is 1. The average molecular weight is 2160 g/mol. The van der Waals surface area contributed by atoms with E-state index in [1.165, 1.54) is 84.9 Å². The minimum Gasteiger partial charge on any atom is -0.469 e. The molecule has 9 rings (SSSR count). The molecule has 7 aliphatic rings. The summed E-state index contributed by atoms with van der Waals surface area (Å²) in [6.07, 6.45) is 11.7. The highest BCUT2D eigenvalue weighted by Crippen LogP contribution is 2.54. The van der Waals surface area contributed by atoms with Crippen molar-refractivity contribution in [2.45, 2.75) is 337 Å². The van der Waals surface area contributed by atoms with Crippen LogP contribution in [0.5, 0.6) is 0 Å². The maximum Gasteiger partial charge on any atom is 0.408 e. The first kappa shape index (κ1) is 130. The molecular weight excluding hydrogens is 1990 g/mol. The number of aliphatic hydroxyl groups is 2. The van der Waals surface area contributed by atoms with Crippen molar-refractivity contribution in [3.63, 3.8) is 0 Å². The van der Waals surface area contributed by atoms with E-state index in [-0.39, 0.29) is 87.4 Å². The molecule has 0 radical (unpaired) electrons. The molecule has 2 saturated heterocycles. The number of ether oxygens (including phenoxy) is 10. The number of benzene rings is 2. The van der Waals surface area contributed by atoms with E-state index in [1.807, 2.05) is 71.9 Å². The molecule has 5 aliphatic carbocycles. The second-order valence-corrected chi connectivity index (χ2v) is 47.4. The molecule has 2 aliphatic heterocycles. The molecule has 2 aromatic carbocycles. The molecule has 7 fully saturated rings. The quantitative estimate of drug-likeness (QED) is 0.0137. The van der Waals surface area contributed by atoms with Crippen LogP contribution in [0.15, 0.2) is 60.7 Å². The number of nitrogens with zero attached hydrogens (tertiary/aromatic N) is 2. The van der Waals surface area contributed by atoms with Gasteiger partial charge in [0.25, 0.3) is 20.2 Å². The number of esters is 4. The average Bonchev–Trinajstić information content (AvgIpc) is 1.62. The Morgan fingerprint density at radius 3 is 1.24 bits per heavy atom. The fourth-order valence-corrected chi connectivity index (χ4v) is 15.2. The molecule has 2 heterocycles. The zero-order valence-electron chi connectivity index (χ0n) is 88.4. The minimum atomic E-state index is -3.68. The number of methoxy groups -OCH3 is 4. The lowest BCUT2D eigenvalue weighted by Gasteiger charge is -2.38. The molecule has 11 N–H and O–H groups in total. The summed E-state index contributed by atoms with van der Waals surface area (Å²) in [6.45, 7) is 47.5. The number of piperidine rings is 2. The van der Waals surface area contributed by atoms with Crippen LogP contribution in [0, 0.1) is 27.1 Å². The van der Waals surface area contributed by atoms with Gasteiger partial charge in [0.15, 0.2) is 0 Å². The van der Waals surface area contributed by atoms with Crippen molar-refractivity contribution in [1.82, 2.24) is 47.0 Å². The fraction of sp³-hybridized carbons (Fsp3) is 0.776. The normalized spacial score (nSPS) is 18.2. The molecule has 808 valence electrons. The number of likely N-dealkylation sites (tertiary alicyclic amines) is 1. The van der Waals surface area contributed by atoms with Crippen molar-refractivity contribution in [1.29, 1.82) is 0 Å². The van der Waals surface area contributed by atoms with Crippen molar-refractivity contribution < 1.29 is 131 Å². The maximum atomic E-state index is 12.1. The Hall–Kier alpha value is -7.52. The van der Waals surface area contributed by atoms with Gasteiger partial charge in [0.05, 0.1) is 78.3 Å². The summed E-state index contributed by atoms with van der Waals surface area (Å²) in [5.74, 6) is -2.10. The topological polar surface area (TPSA) is 507 Å². The molecule has 6 amide bonds. The monoisotopic (exact) mass is 2160 g/mol. The van der Waals surface area contributed by atoms with Gasteiger partial charge in [-0.2, -0.15) is 16.8 Å². The van der Waals surface area contributed by atoms with Gasteiger partial charge < -0.3 is 105 Å². The van der Waals surface area contributed by atoms with Gasteiger partial charge in [-0.1, -0.05) is 113 Å². The lowest BCUT2D eigenvalue weighted by molar-refractivity contribution is -0.150. The fourth-order valence-electron chi connectivity index (χ4n) is 14.3. The third-order valence-electron chi connectivity index (χ3n) is 22.0. The molecule has 5 saturated carbocycles. The molecule has 2 spiro atoms. The summed E-state index contributed by atoms with van der Waals surface area (Å²) in [4.78, 5) is 121. The largest absolute Gasteiger partial charge is 0.469 e. The Morgan fingerprint density at radius 1 is 0.493 bits per heavy atom. The Kier molecular flexibility index (Phi) is 56.9. The number of nitrogens with one attached hydrogen (secondary N) is 7. The third kappa shape index (κ3) is 62.9. The van der Waals surface area contributed by atoms with E-state index in [1.54, 1.807) is 83.1 Å². The molecule has 0 bridgehead atoms. The van der Waals surface area contributed by atoms with Gasteiger partial charge in [0.2, 0.25) is 0 Å². The molecular formula is C98H172Br2N10O28S2. The summed E-state index contributed by atoms with van der Waals surface area (Å²) >= 11 is 6.40. The molecule has 0 aromatic heterocycles. The number of carbonyl (C=O) groups excluding carboxylic acids is 10. The van der Waals surface area contributed by atoms with E-state index >= 15 is 0 Å².